The number of halogens is 4. The monoisotopic (exact) mass is 465 g/mol. The quantitative estimate of drug-likeness (QED) is 0.543. The van der Waals surface area contributed by atoms with Crippen LogP contribution in [-0.4, -0.2) is 32.5 Å². The van der Waals surface area contributed by atoms with Gasteiger partial charge in [-0.2, -0.15) is 13.2 Å². The van der Waals surface area contributed by atoms with Crippen molar-refractivity contribution in [1.29, 1.82) is 0 Å². The Kier molecular flexibility index (Phi) is 4.89. The lowest BCUT2D eigenvalue weighted by Gasteiger charge is -2.30. The van der Waals surface area contributed by atoms with Gasteiger partial charge in [-0.05, 0) is 36.4 Å². The number of carbonyl (C=O) groups is 2. The van der Waals surface area contributed by atoms with E-state index < -0.39 is 46.2 Å². The molecule has 2 amide bonds. The molecule has 4 rings (SSSR count). The number of nitrogens with one attached hydrogen (secondary N) is 3. The molecule has 164 valence electrons. The maximum absolute atomic E-state index is 14.3. The lowest BCUT2D eigenvalue weighted by molar-refractivity contribution is -0.196. The second-order valence-electron chi connectivity index (χ2n) is 6.69. The Balaban J connectivity index is 1.98. The van der Waals surface area contributed by atoms with Gasteiger partial charge in [-0.1, -0.05) is 11.6 Å². The highest BCUT2D eigenvalue weighted by Gasteiger charge is 2.68. The van der Waals surface area contributed by atoms with Crippen LogP contribution in [0.25, 0.3) is 5.69 Å². The highest BCUT2D eigenvalue weighted by molar-refractivity contribution is 6.30. The Labute approximate surface area is 180 Å². The van der Waals surface area contributed by atoms with E-state index in [0.717, 1.165) is 6.20 Å². The van der Waals surface area contributed by atoms with Crippen molar-refractivity contribution in [3.8, 4) is 5.69 Å². The molecule has 0 saturated carbocycles. The van der Waals surface area contributed by atoms with E-state index in [1.165, 1.54) is 42.6 Å². The Hall–Kier alpha value is -3.93. The Morgan fingerprint density at radius 1 is 1.12 bits per heavy atom. The minimum atomic E-state index is -5.45. The van der Waals surface area contributed by atoms with Crippen molar-refractivity contribution >= 4 is 29.2 Å². The minimum absolute atomic E-state index is 0.0174. The van der Waals surface area contributed by atoms with E-state index >= 15 is 0 Å². The normalized spacial score (nSPS) is 17.6. The molecule has 3 aromatic rings. The lowest BCUT2D eigenvalue weighted by Crippen LogP contribution is -2.62. The van der Waals surface area contributed by atoms with Gasteiger partial charge in [0.25, 0.3) is 22.9 Å². The SMILES string of the molecule is O=C(N[C@]1(C(F)(F)F)C(=O)Nc2c1c(=O)[nH]c(=O)n2-c1ccc(Cl)cc1)c1cccnc1. The number of amides is 2. The molecule has 1 aromatic carbocycles. The van der Waals surface area contributed by atoms with E-state index in [0.29, 0.717) is 4.57 Å². The third-order valence-corrected chi connectivity index (χ3v) is 5.05. The van der Waals surface area contributed by atoms with Crippen molar-refractivity contribution < 1.29 is 22.8 Å². The molecule has 0 bridgehead atoms. The third kappa shape index (κ3) is 3.15. The van der Waals surface area contributed by atoms with Gasteiger partial charge in [-0.15, -0.1) is 0 Å². The second-order valence-corrected chi connectivity index (χ2v) is 7.13. The molecule has 3 N–H and O–H groups in total. The van der Waals surface area contributed by atoms with Crippen molar-refractivity contribution in [2.75, 3.05) is 5.32 Å². The lowest BCUT2D eigenvalue weighted by atomic mass is 9.91. The second kappa shape index (κ2) is 7.34. The smallest absolute Gasteiger partial charge is 0.326 e. The number of nitrogens with zero attached hydrogens (tertiary/aromatic N) is 2. The van der Waals surface area contributed by atoms with Crippen LogP contribution in [0.2, 0.25) is 5.02 Å². The molecule has 1 aliphatic rings. The van der Waals surface area contributed by atoms with Crippen molar-refractivity contribution in [1.82, 2.24) is 19.9 Å². The number of hydrogen-bond acceptors (Lipinski definition) is 5. The number of anilines is 1. The number of aromatic amines is 1. The molecule has 9 nitrogen and oxygen atoms in total. The third-order valence-electron chi connectivity index (χ3n) is 4.79. The van der Waals surface area contributed by atoms with Gasteiger partial charge in [0, 0.05) is 17.4 Å². The molecule has 0 fully saturated rings. The molecule has 1 atom stereocenters. The van der Waals surface area contributed by atoms with Gasteiger partial charge in [0.1, 0.15) is 11.4 Å². The first-order valence-electron chi connectivity index (χ1n) is 8.83. The maximum Gasteiger partial charge on any atom is 0.425 e. The number of aromatic nitrogens is 3. The van der Waals surface area contributed by atoms with Crippen LogP contribution in [0.15, 0.2) is 58.4 Å². The summed E-state index contributed by atoms with van der Waals surface area (Å²) in [5, 5.41) is 3.84. The number of carbonyl (C=O) groups excluding carboxylic acids is 2. The molecule has 0 aliphatic carbocycles. The molecule has 0 spiro atoms. The number of H-pyrrole nitrogens is 1. The molecular weight excluding hydrogens is 455 g/mol. The van der Waals surface area contributed by atoms with Gasteiger partial charge in [0.05, 0.1) is 11.3 Å². The highest BCUT2D eigenvalue weighted by Crippen LogP contribution is 2.45. The van der Waals surface area contributed by atoms with E-state index in [1.807, 2.05) is 5.32 Å². The summed E-state index contributed by atoms with van der Waals surface area (Å²) in [6.07, 6.45) is -3.16. The summed E-state index contributed by atoms with van der Waals surface area (Å²) in [5.41, 5.74) is -7.79. The zero-order valence-electron chi connectivity index (χ0n) is 15.7. The van der Waals surface area contributed by atoms with E-state index in [1.54, 1.807) is 10.3 Å². The number of hydrogen-bond donors (Lipinski definition) is 3. The van der Waals surface area contributed by atoms with Gasteiger partial charge in [-0.3, -0.25) is 24.4 Å². The average molecular weight is 466 g/mol. The van der Waals surface area contributed by atoms with Gasteiger partial charge in [0.2, 0.25) is 0 Å². The zero-order chi connectivity index (χ0) is 23.3. The topological polar surface area (TPSA) is 126 Å². The van der Waals surface area contributed by atoms with Gasteiger partial charge >= 0.3 is 11.9 Å². The number of benzene rings is 1. The summed E-state index contributed by atoms with van der Waals surface area (Å²) >= 11 is 5.81. The van der Waals surface area contributed by atoms with Crippen LogP contribution < -0.4 is 21.9 Å². The van der Waals surface area contributed by atoms with Crippen molar-refractivity contribution in [3.63, 3.8) is 0 Å². The first-order chi connectivity index (χ1) is 15.1. The van der Waals surface area contributed by atoms with Gasteiger partial charge in [0.15, 0.2) is 0 Å². The molecule has 0 radical (unpaired) electrons. The summed E-state index contributed by atoms with van der Waals surface area (Å²) in [7, 11) is 0. The average Bonchev–Trinajstić information content (AvgIpc) is 3.03. The molecule has 0 saturated heterocycles. The number of rotatable bonds is 3. The van der Waals surface area contributed by atoms with Crippen LogP contribution in [0.3, 0.4) is 0 Å². The van der Waals surface area contributed by atoms with Crippen molar-refractivity contribution in [2.24, 2.45) is 0 Å². The predicted molar refractivity (Wildman–Crippen MR) is 106 cm³/mol. The summed E-state index contributed by atoms with van der Waals surface area (Å²) in [5.74, 6) is -3.78. The summed E-state index contributed by atoms with van der Waals surface area (Å²) in [6.45, 7) is 0. The molecular formula is C19H11ClF3N5O4. The summed E-state index contributed by atoms with van der Waals surface area (Å²) in [6, 6.07) is 7.81. The number of fused-ring (bicyclic) bond motifs is 1. The highest BCUT2D eigenvalue weighted by atomic mass is 35.5. The molecule has 0 unspecified atom stereocenters. The number of pyridine rings is 1. The largest absolute Gasteiger partial charge is 0.425 e. The Morgan fingerprint density at radius 2 is 1.81 bits per heavy atom. The molecule has 1 aliphatic heterocycles. The summed E-state index contributed by atoms with van der Waals surface area (Å²) < 4.78 is 43.7. The zero-order valence-corrected chi connectivity index (χ0v) is 16.4. The maximum atomic E-state index is 14.3. The Morgan fingerprint density at radius 3 is 2.41 bits per heavy atom. The van der Waals surface area contributed by atoms with Crippen LogP contribution in [-0.2, 0) is 10.3 Å². The standard InChI is InChI=1S/C19H11ClF3N5O4/c20-10-3-5-11(6-4-10)28-13-12(15(30)26-17(28)32)18(16(31)25-13,19(21,22)23)27-14(29)9-2-1-7-24-8-9/h1-8H,(H,25,31)(H,27,29)(H,26,30,32)/t18-/m0/s1. The van der Waals surface area contributed by atoms with Crippen molar-refractivity contribution in [3.05, 3.63) is 85.8 Å². The first kappa shape index (κ1) is 21.3. The fourth-order valence-corrected chi connectivity index (χ4v) is 3.48. The molecule has 2 aromatic heterocycles. The Bertz CT molecular complexity index is 1350. The van der Waals surface area contributed by atoms with E-state index in [4.69, 9.17) is 11.6 Å². The molecule has 13 heteroatoms. The first-order valence-corrected chi connectivity index (χ1v) is 9.20. The minimum Gasteiger partial charge on any atom is -0.326 e. The van der Waals surface area contributed by atoms with Crippen LogP contribution in [0.5, 0.6) is 0 Å². The van der Waals surface area contributed by atoms with Gasteiger partial charge < -0.3 is 10.6 Å². The molecule has 32 heavy (non-hydrogen) atoms. The van der Waals surface area contributed by atoms with E-state index in [-0.39, 0.29) is 16.3 Å². The summed E-state index contributed by atoms with van der Waals surface area (Å²) in [4.78, 5) is 55.7. The number of alkyl halides is 3. The fourth-order valence-electron chi connectivity index (χ4n) is 3.35. The fraction of sp³-hybridized carbons (Fsp3) is 0.105. The van der Waals surface area contributed by atoms with Crippen LogP contribution in [0.1, 0.15) is 15.9 Å². The predicted octanol–water partition coefficient (Wildman–Crippen LogP) is 1.71. The van der Waals surface area contributed by atoms with Crippen LogP contribution in [0, 0.1) is 0 Å². The van der Waals surface area contributed by atoms with E-state index in [9.17, 15) is 32.3 Å². The van der Waals surface area contributed by atoms with Crippen molar-refractivity contribution in [2.45, 2.75) is 11.7 Å². The molecule has 3 heterocycles. The van der Waals surface area contributed by atoms with E-state index in [2.05, 4.69) is 4.98 Å². The van der Waals surface area contributed by atoms with Gasteiger partial charge in [-0.25, -0.2) is 9.36 Å². The van der Waals surface area contributed by atoms with Crippen LogP contribution in [0.4, 0.5) is 19.0 Å². The van der Waals surface area contributed by atoms with Crippen LogP contribution >= 0.6 is 11.6 Å².